The molecule has 2 aromatic rings. The van der Waals surface area contributed by atoms with Gasteiger partial charge in [0.05, 0.1) is 11.6 Å². The molecule has 1 saturated heterocycles. The van der Waals surface area contributed by atoms with Gasteiger partial charge < -0.3 is 14.9 Å². The number of aryl methyl sites for hydroxylation is 1. The summed E-state index contributed by atoms with van der Waals surface area (Å²) in [5, 5.41) is 16.2. The lowest BCUT2D eigenvalue weighted by atomic mass is 10.1. The zero-order chi connectivity index (χ0) is 21.1. The number of rotatable bonds is 4. The molecule has 9 nitrogen and oxygen atoms in total. The van der Waals surface area contributed by atoms with Crippen molar-refractivity contribution in [3.8, 4) is 0 Å². The van der Waals surface area contributed by atoms with Crippen LogP contribution in [-0.4, -0.2) is 67.5 Å². The molecule has 1 unspecified atom stereocenters. The zero-order valence-corrected chi connectivity index (χ0v) is 16.8. The molecular formula is C20H25N5O4. The second kappa shape index (κ2) is 8.42. The Labute approximate surface area is 168 Å². The van der Waals surface area contributed by atoms with Crippen LogP contribution in [0.25, 0.3) is 0 Å². The minimum absolute atomic E-state index is 0.0142. The molecule has 0 bridgehead atoms. The van der Waals surface area contributed by atoms with Crippen LogP contribution < -0.4 is 0 Å². The van der Waals surface area contributed by atoms with E-state index >= 15 is 0 Å². The van der Waals surface area contributed by atoms with Crippen LogP contribution in [0.15, 0.2) is 24.3 Å². The summed E-state index contributed by atoms with van der Waals surface area (Å²) >= 11 is 0. The minimum atomic E-state index is -1.08. The number of hydrogen-bond donors (Lipinski definition) is 2. The second-order valence-electron chi connectivity index (χ2n) is 7.45. The van der Waals surface area contributed by atoms with Crippen LogP contribution in [0, 0.1) is 12.8 Å². The van der Waals surface area contributed by atoms with Crippen molar-refractivity contribution in [3.05, 3.63) is 47.0 Å². The number of aromatic amines is 1. The first kappa shape index (κ1) is 20.5. The molecule has 2 N–H and O–H groups in total. The number of carbonyl (C=O) groups is 3. The monoisotopic (exact) mass is 399 g/mol. The molecule has 29 heavy (non-hydrogen) atoms. The fourth-order valence-corrected chi connectivity index (χ4v) is 3.47. The number of benzene rings is 1. The van der Waals surface area contributed by atoms with Gasteiger partial charge in [-0.1, -0.05) is 19.9 Å². The number of carboxylic acids is 1. The van der Waals surface area contributed by atoms with Crippen LogP contribution in [0.2, 0.25) is 0 Å². The number of nitrogens with one attached hydrogen (secondary N) is 1. The second-order valence-corrected chi connectivity index (χ2v) is 7.45. The van der Waals surface area contributed by atoms with Crippen LogP contribution in [0.4, 0.5) is 0 Å². The van der Waals surface area contributed by atoms with Crippen LogP contribution in [0.1, 0.15) is 58.7 Å². The molecule has 1 aromatic heterocycles. The van der Waals surface area contributed by atoms with Crippen molar-refractivity contribution < 1.29 is 19.5 Å². The smallest absolute Gasteiger partial charge is 0.335 e. The zero-order valence-electron chi connectivity index (χ0n) is 16.8. The molecule has 1 aromatic carbocycles. The van der Waals surface area contributed by atoms with Crippen molar-refractivity contribution in [1.82, 2.24) is 25.0 Å². The van der Waals surface area contributed by atoms with Gasteiger partial charge >= 0.3 is 5.97 Å². The Morgan fingerprint density at radius 2 is 1.90 bits per heavy atom. The molecule has 2 amide bonds. The minimum Gasteiger partial charge on any atom is -0.478 e. The lowest BCUT2D eigenvalue weighted by Gasteiger charge is -2.29. The van der Waals surface area contributed by atoms with E-state index in [4.69, 9.17) is 0 Å². The summed E-state index contributed by atoms with van der Waals surface area (Å²) in [6.45, 7) is 6.61. The van der Waals surface area contributed by atoms with Crippen molar-refractivity contribution in [3.63, 3.8) is 0 Å². The van der Waals surface area contributed by atoms with Crippen LogP contribution in [-0.2, 0) is 4.79 Å². The summed E-state index contributed by atoms with van der Waals surface area (Å²) < 4.78 is 0. The molecule has 1 aliphatic rings. The molecule has 0 saturated carbocycles. The molecule has 3 rings (SSSR count). The van der Waals surface area contributed by atoms with Gasteiger partial charge in [0.25, 0.3) is 5.91 Å². The summed E-state index contributed by atoms with van der Waals surface area (Å²) in [7, 11) is 0. The van der Waals surface area contributed by atoms with E-state index in [1.165, 1.54) is 12.1 Å². The molecule has 0 radical (unpaired) electrons. The number of nitrogens with zero attached hydrogens (tertiary/aromatic N) is 4. The molecule has 1 aliphatic heterocycles. The molecular weight excluding hydrogens is 374 g/mol. The van der Waals surface area contributed by atoms with E-state index in [9.17, 15) is 19.5 Å². The average Bonchev–Trinajstić information content (AvgIpc) is 3.01. The molecule has 1 atom stereocenters. The molecule has 1 fully saturated rings. The first-order valence-electron chi connectivity index (χ1n) is 9.60. The maximum Gasteiger partial charge on any atom is 0.335 e. The van der Waals surface area contributed by atoms with Crippen molar-refractivity contribution in [1.29, 1.82) is 0 Å². The van der Waals surface area contributed by atoms with Crippen LogP contribution >= 0.6 is 0 Å². The highest BCUT2D eigenvalue weighted by molar-refractivity contribution is 5.97. The van der Waals surface area contributed by atoms with E-state index < -0.39 is 5.97 Å². The maximum atomic E-state index is 13.0. The van der Waals surface area contributed by atoms with Crippen molar-refractivity contribution >= 4 is 17.8 Å². The van der Waals surface area contributed by atoms with Gasteiger partial charge in [-0.25, -0.2) is 9.78 Å². The predicted octanol–water partition coefficient (Wildman–Crippen LogP) is 1.88. The van der Waals surface area contributed by atoms with Crippen molar-refractivity contribution in [2.24, 2.45) is 5.92 Å². The summed E-state index contributed by atoms with van der Waals surface area (Å²) in [4.78, 5) is 44.8. The fourth-order valence-electron chi connectivity index (χ4n) is 3.47. The maximum absolute atomic E-state index is 13.0. The van der Waals surface area contributed by atoms with Gasteiger partial charge in [-0.2, -0.15) is 5.10 Å². The number of carbonyl (C=O) groups excluding carboxylic acids is 2. The Hall–Kier alpha value is -3.23. The summed E-state index contributed by atoms with van der Waals surface area (Å²) in [6.07, 6.45) is 0.500. The number of hydrogen-bond acceptors (Lipinski definition) is 5. The summed E-state index contributed by atoms with van der Waals surface area (Å²) in [5.74, 6) is -0.328. The number of aromatic nitrogens is 3. The van der Waals surface area contributed by atoms with E-state index in [1.807, 2.05) is 13.8 Å². The van der Waals surface area contributed by atoms with Crippen LogP contribution in [0.5, 0.6) is 0 Å². The van der Waals surface area contributed by atoms with Gasteiger partial charge in [-0.3, -0.25) is 14.7 Å². The van der Waals surface area contributed by atoms with Gasteiger partial charge in [0.1, 0.15) is 5.82 Å². The first-order chi connectivity index (χ1) is 13.8. The Balaban J connectivity index is 1.84. The van der Waals surface area contributed by atoms with Gasteiger partial charge in [0.2, 0.25) is 5.91 Å². The lowest BCUT2D eigenvalue weighted by molar-refractivity contribution is -0.137. The first-order valence-corrected chi connectivity index (χ1v) is 9.60. The Morgan fingerprint density at radius 3 is 2.52 bits per heavy atom. The highest BCUT2D eigenvalue weighted by Crippen LogP contribution is 2.27. The van der Waals surface area contributed by atoms with Crippen molar-refractivity contribution in [2.45, 2.75) is 33.2 Å². The third-order valence-electron chi connectivity index (χ3n) is 4.99. The Morgan fingerprint density at radius 1 is 1.17 bits per heavy atom. The fraction of sp³-hybridized carbons (Fsp3) is 0.450. The third-order valence-corrected chi connectivity index (χ3v) is 4.99. The number of amides is 2. The SMILES string of the molecule is Cc1nc(C2CCN(C(=O)c3cccc(C(=O)O)c3)CCN2C(=O)C(C)C)n[nH]1. The van der Waals surface area contributed by atoms with E-state index in [2.05, 4.69) is 15.2 Å². The molecule has 9 heteroatoms. The number of H-pyrrole nitrogens is 1. The van der Waals surface area contributed by atoms with E-state index in [1.54, 1.807) is 28.9 Å². The molecule has 2 heterocycles. The Kier molecular flexibility index (Phi) is 5.95. The van der Waals surface area contributed by atoms with Gasteiger partial charge in [-0.15, -0.1) is 0 Å². The van der Waals surface area contributed by atoms with Gasteiger partial charge in [0, 0.05) is 31.1 Å². The highest BCUT2D eigenvalue weighted by atomic mass is 16.4. The number of carboxylic acid groups (broad SMARTS) is 1. The largest absolute Gasteiger partial charge is 0.478 e. The molecule has 154 valence electrons. The van der Waals surface area contributed by atoms with Crippen LogP contribution in [0.3, 0.4) is 0 Å². The quantitative estimate of drug-likeness (QED) is 0.810. The number of aromatic carboxylic acids is 1. The normalized spacial score (nSPS) is 17.3. The standard InChI is InChI=1S/C20H25N5O4/c1-12(2)18(26)25-10-9-24(8-7-16(25)17-21-13(3)22-23-17)19(27)14-5-4-6-15(11-14)20(28)29/h4-6,11-12,16H,7-10H2,1-3H3,(H,28,29)(H,21,22,23). The van der Waals surface area contributed by atoms with E-state index in [-0.39, 0.29) is 29.3 Å². The molecule has 0 spiro atoms. The van der Waals surface area contributed by atoms with Crippen molar-refractivity contribution in [2.75, 3.05) is 19.6 Å². The van der Waals surface area contributed by atoms with E-state index in [0.29, 0.717) is 43.3 Å². The predicted molar refractivity (Wildman–Crippen MR) is 104 cm³/mol. The topological polar surface area (TPSA) is 119 Å². The Bertz CT molecular complexity index is 923. The molecule has 0 aliphatic carbocycles. The summed E-state index contributed by atoms with van der Waals surface area (Å²) in [6, 6.07) is 5.67. The summed E-state index contributed by atoms with van der Waals surface area (Å²) in [5.41, 5.74) is 0.384. The van der Waals surface area contributed by atoms with E-state index in [0.717, 1.165) is 0 Å². The third kappa shape index (κ3) is 4.44. The lowest BCUT2D eigenvalue weighted by Crippen LogP contribution is -2.40. The van der Waals surface area contributed by atoms with Gasteiger partial charge in [-0.05, 0) is 31.5 Å². The average molecular weight is 399 g/mol. The van der Waals surface area contributed by atoms with Gasteiger partial charge in [0.15, 0.2) is 5.82 Å². The highest BCUT2D eigenvalue weighted by Gasteiger charge is 2.33.